The zero-order valence-corrected chi connectivity index (χ0v) is 10.5. The number of carbonyl (C=O) groups excluding carboxylic acids is 1. The Bertz CT molecular complexity index is 566. The largest absolute Gasteiger partial charge is 0.463 e. The van der Waals surface area contributed by atoms with Crippen LogP contribution in [-0.2, 0) is 9.53 Å². The molecule has 1 atom stereocenters. The zero-order valence-electron chi connectivity index (χ0n) is 10.5. The first kappa shape index (κ1) is 12.3. The highest BCUT2D eigenvalue weighted by atomic mass is 16.6. The third kappa shape index (κ3) is 2.39. The second kappa shape index (κ2) is 4.99. The number of hydrogen-bond donors (Lipinski definition) is 0. The van der Waals surface area contributed by atoms with Crippen molar-refractivity contribution in [1.29, 1.82) is 0 Å². The molecule has 2 heterocycles. The van der Waals surface area contributed by atoms with Crippen LogP contribution in [0.2, 0.25) is 0 Å². The Labute approximate surface area is 104 Å². The summed E-state index contributed by atoms with van der Waals surface area (Å²) in [7, 11) is 0. The number of nitrogens with zero attached hydrogens (tertiary/aromatic N) is 4. The van der Waals surface area contributed by atoms with Crippen molar-refractivity contribution in [2.45, 2.75) is 26.9 Å². The Morgan fingerprint density at radius 3 is 2.94 bits per heavy atom. The Balaban J connectivity index is 2.16. The molecular formula is C11H14N4O3. The quantitative estimate of drug-likeness (QED) is 0.745. The Kier molecular flexibility index (Phi) is 3.40. The summed E-state index contributed by atoms with van der Waals surface area (Å²) in [6.07, 6.45) is -0.702. The van der Waals surface area contributed by atoms with Gasteiger partial charge in [0.1, 0.15) is 0 Å². The van der Waals surface area contributed by atoms with Crippen molar-refractivity contribution >= 4 is 11.6 Å². The van der Waals surface area contributed by atoms with Crippen molar-refractivity contribution in [2.75, 3.05) is 6.61 Å². The Hall–Kier alpha value is -2.18. The molecule has 0 aliphatic rings. The van der Waals surface area contributed by atoms with Crippen LogP contribution >= 0.6 is 0 Å². The van der Waals surface area contributed by atoms with Crippen LogP contribution in [0.1, 0.15) is 19.7 Å². The van der Waals surface area contributed by atoms with Gasteiger partial charge in [0.25, 0.3) is 0 Å². The van der Waals surface area contributed by atoms with Crippen LogP contribution in [0.5, 0.6) is 5.88 Å². The predicted octanol–water partition coefficient (Wildman–Crippen LogP) is 0.763. The molecule has 2 rings (SSSR count). The predicted molar refractivity (Wildman–Crippen MR) is 62.2 cm³/mol. The lowest BCUT2D eigenvalue weighted by atomic mass is 10.4. The van der Waals surface area contributed by atoms with E-state index in [2.05, 4.69) is 15.3 Å². The normalized spacial score (nSPS) is 12.4. The molecule has 2 aromatic rings. The van der Waals surface area contributed by atoms with Gasteiger partial charge in [-0.15, -0.1) is 15.3 Å². The SMILES string of the molecule is CCOC(=O)C(C)Oc1ccc2nnc(C)n2n1. The summed E-state index contributed by atoms with van der Waals surface area (Å²) in [5, 5.41) is 12.0. The van der Waals surface area contributed by atoms with E-state index in [0.29, 0.717) is 24.0 Å². The van der Waals surface area contributed by atoms with Crippen LogP contribution in [0, 0.1) is 6.92 Å². The third-order valence-corrected chi connectivity index (χ3v) is 2.31. The van der Waals surface area contributed by atoms with Crippen LogP contribution in [0.15, 0.2) is 12.1 Å². The van der Waals surface area contributed by atoms with Crippen molar-refractivity contribution < 1.29 is 14.3 Å². The van der Waals surface area contributed by atoms with E-state index >= 15 is 0 Å². The van der Waals surface area contributed by atoms with Gasteiger partial charge < -0.3 is 9.47 Å². The van der Waals surface area contributed by atoms with Crippen LogP contribution in [-0.4, -0.2) is 38.5 Å². The minimum atomic E-state index is -0.702. The van der Waals surface area contributed by atoms with E-state index in [1.807, 2.05) is 0 Å². The molecule has 7 heteroatoms. The van der Waals surface area contributed by atoms with E-state index in [0.717, 1.165) is 0 Å². The number of ether oxygens (including phenoxy) is 2. The summed E-state index contributed by atoms with van der Waals surface area (Å²) in [5.74, 6) is 0.560. The molecule has 0 radical (unpaired) electrons. The fourth-order valence-electron chi connectivity index (χ4n) is 1.43. The molecule has 0 aromatic carbocycles. The molecule has 0 aliphatic heterocycles. The number of carbonyl (C=O) groups is 1. The van der Waals surface area contributed by atoms with Crippen molar-refractivity contribution in [2.24, 2.45) is 0 Å². The summed E-state index contributed by atoms with van der Waals surface area (Å²) in [6, 6.07) is 3.36. The lowest BCUT2D eigenvalue weighted by molar-refractivity contribution is -0.150. The first-order chi connectivity index (χ1) is 8.61. The Morgan fingerprint density at radius 2 is 2.22 bits per heavy atom. The minimum Gasteiger partial charge on any atom is -0.463 e. The maximum absolute atomic E-state index is 11.4. The van der Waals surface area contributed by atoms with Gasteiger partial charge in [-0.2, -0.15) is 4.52 Å². The van der Waals surface area contributed by atoms with Gasteiger partial charge in [-0.1, -0.05) is 0 Å². The topological polar surface area (TPSA) is 78.6 Å². The Morgan fingerprint density at radius 1 is 1.44 bits per heavy atom. The average Bonchev–Trinajstić information content (AvgIpc) is 2.71. The fourth-order valence-corrected chi connectivity index (χ4v) is 1.43. The molecule has 2 aromatic heterocycles. The number of rotatable bonds is 4. The molecule has 0 amide bonds. The maximum atomic E-state index is 11.4. The van der Waals surface area contributed by atoms with Gasteiger partial charge in [0.2, 0.25) is 5.88 Å². The van der Waals surface area contributed by atoms with E-state index in [1.165, 1.54) is 0 Å². The summed E-state index contributed by atoms with van der Waals surface area (Å²) in [4.78, 5) is 11.4. The van der Waals surface area contributed by atoms with Crippen LogP contribution in [0.4, 0.5) is 0 Å². The van der Waals surface area contributed by atoms with Gasteiger partial charge in [0.15, 0.2) is 17.6 Å². The molecule has 18 heavy (non-hydrogen) atoms. The van der Waals surface area contributed by atoms with E-state index in [-0.39, 0.29) is 0 Å². The standard InChI is InChI=1S/C11H14N4O3/c1-4-17-11(16)7(2)18-10-6-5-9-13-12-8(3)15(9)14-10/h5-7H,4H2,1-3H3. The van der Waals surface area contributed by atoms with Crippen LogP contribution in [0.3, 0.4) is 0 Å². The molecule has 0 saturated carbocycles. The number of esters is 1. The molecule has 0 saturated heterocycles. The van der Waals surface area contributed by atoms with Crippen LogP contribution in [0.25, 0.3) is 5.65 Å². The second-order valence-electron chi connectivity index (χ2n) is 3.70. The summed E-state index contributed by atoms with van der Waals surface area (Å²) < 4.78 is 11.8. The monoisotopic (exact) mass is 250 g/mol. The van der Waals surface area contributed by atoms with E-state index in [1.54, 1.807) is 37.4 Å². The van der Waals surface area contributed by atoms with Gasteiger partial charge in [-0.3, -0.25) is 0 Å². The second-order valence-corrected chi connectivity index (χ2v) is 3.70. The molecule has 0 N–H and O–H groups in total. The number of hydrogen-bond acceptors (Lipinski definition) is 6. The maximum Gasteiger partial charge on any atom is 0.347 e. The summed E-state index contributed by atoms with van der Waals surface area (Å²) >= 11 is 0. The van der Waals surface area contributed by atoms with Gasteiger partial charge in [0.05, 0.1) is 6.61 Å². The molecule has 96 valence electrons. The summed E-state index contributed by atoms with van der Waals surface area (Å²) in [5.41, 5.74) is 0.628. The highest BCUT2D eigenvalue weighted by molar-refractivity contribution is 5.74. The lowest BCUT2D eigenvalue weighted by Crippen LogP contribution is -2.26. The summed E-state index contributed by atoms with van der Waals surface area (Å²) in [6.45, 7) is 5.47. The third-order valence-electron chi connectivity index (χ3n) is 2.31. The van der Waals surface area contributed by atoms with Crippen molar-refractivity contribution in [1.82, 2.24) is 19.8 Å². The van der Waals surface area contributed by atoms with E-state index < -0.39 is 12.1 Å². The number of fused-ring (bicyclic) bond motifs is 1. The first-order valence-corrected chi connectivity index (χ1v) is 5.64. The van der Waals surface area contributed by atoms with Gasteiger partial charge in [-0.25, -0.2) is 4.79 Å². The number of aryl methyl sites for hydroxylation is 1. The molecular weight excluding hydrogens is 236 g/mol. The van der Waals surface area contributed by atoms with Gasteiger partial charge >= 0.3 is 5.97 Å². The van der Waals surface area contributed by atoms with Gasteiger partial charge in [0, 0.05) is 6.07 Å². The highest BCUT2D eigenvalue weighted by Crippen LogP contribution is 2.11. The van der Waals surface area contributed by atoms with Crippen molar-refractivity contribution in [3.8, 4) is 5.88 Å². The lowest BCUT2D eigenvalue weighted by Gasteiger charge is -2.12. The molecule has 0 aliphatic carbocycles. The average molecular weight is 250 g/mol. The highest BCUT2D eigenvalue weighted by Gasteiger charge is 2.16. The zero-order chi connectivity index (χ0) is 13.1. The van der Waals surface area contributed by atoms with Crippen molar-refractivity contribution in [3.05, 3.63) is 18.0 Å². The molecule has 0 bridgehead atoms. The van der Waals surface area contributed by atoms with E-state index in [4.69, 9.17) is 9.47 Å². The molecule has 1 unspecified atom stereocenters. The van der Waals surface area contributed by atoms with Crippen LogP contribution < -0.4 is 4.74 Å². The number of aromatic nitrogens is 4. The molecule has 0 fully saturated rings. The fraction of sp³-hybridized carbons (Fsp3) is 0.455. The van der Waals surface area contributed by atoms with Crippen molar-refractivity contribution in [3.63, 3.8) is 0 Å². The van der Waals surface area contributed by atoms with E-state index in [9.17, 15) is 4.79 Å². The first-order valence-electron chi connectivity index (χ1n) is 5.64. The smallest absolute Gasteiger partial charge is 0.347 e. The molecule has 0 spiro atoms. The molecule has 7 nitrogen and oxygen atoms in total. The van der Waals surface area contributed by atoms with Gasteiger partial charge in [-0.05, 0) is 26.8 Å². The minimum absolute atomic E-state index is 0.323.